The van der Waals surface area contributed by atoms with E-state index in [1.165, 1.54) is 7.11 Å². The number of aliphatic hydroxyl groups excluding tert-OH is 1. The number of rotatable bonds is 3. The van der Waals surface area contributed by atoms with E-state index in [0.29, 0.717) is 40.7 Å². The standard InChI is InChI=1S/C22H22O8/c1-25-17-5-10-4-13-14(8-28-22(13)24)19(23)12-7-16-15(29-9-30-16)6-11(12)18(10)21(27-3)20(17)26-2/h5-7,13-14,19,23H,4,8-9H2,1-3H3/t13-,14+,19?/m0/s1. The molecule has 0 spiro atoms. The molecule has 2 aliphatic heterocycles. The van der Waals surface area contributed by atoms with Gasteiger partial charge in [0.2, 0.25) is 12.5 Å². The zero-order valence-corrected chi connectivity index (χ0v) is 16.9. The van der Waals surface area contributed by atoms with Crippen LogP contribution in [0.25, 0.3) is 11.1 Å². The normalized spacial score (nSPS) is 23.5. The molecule has 158 valence electrons. The maximum atomic E-state index is 12.5. The van der Waals surface area contributed by atoms with Gasteiger partial charge in [-0.05, 0) is 41.3 Å². The number of methoxy groups -OCH3 is 3. The van der Waals surface area contributed by atoms with Crippen LogP contribution in [0.3, 0.4) is 0 Å². The number of hydrogen-bond donors (Lipinski definition) is 1. The zero-order valence-electron chi connectivity index (χ0n) is 16.9. The van der Waals surface area contributed by atoms with E-state index in [9.17, 15) is 9.90 Å². The Morgan fingerprint density at radius 2 is 1.70 bits per heavy atom. The summed E-state index contributed by atoms with van der Waals surface area (Å²) in [6, 6.07) is 5.46. The molecule has 2 aromatic rings. The largest absolute Gasteiger partial charge is 0.493 e. The van der Waals surface area contributed by atoms with Crippen molar-refractivity contribution in [1.82, 2.24) is 0 Å². The molecule has 0 saturated carbocycles. The monoisotopic (exact) mass is 414 g/mol. The van der Waals surface area contributed by atoms with Crippen molar-refractivity contribution in [2.75, 3.05) is 34.7 Å². The number of carbonyl (C=O) groups is 1. The minimum Gasteiger partial charge on any atom is -0.493 e. The molecular formula is C22H22O8. The van der Waals surface area contributed by atoms with Gasteiger partial charge in [0.1, 0.15) is 0 Å². The van der Waals surface area contributed by atoms with Crippen LogP contribution < -0.4 is 23.7 Å². The number of esters is 1. The second-order valence-corrected chi connectivity index (χ2v) is 7.52. The summed E-state index contributed by atoms with van der Waals surface area (Å²) in [7, 11) is 4.64. The van der Waals surface area contributed by atoms with E-state index in [-0.39, 0.29) is 25.3 Å². The summed E-state index contributed by atoms with van der Waals surface area (Å²) in [5.74, 6) is 1.36. The quantitative estimate of drug-likeness (QED) is 0.766. The molecule has 1 unspecified atom stereocenters. The Bertz CT molecular complexity index is 1030. The zero-order chi connectivity index (χ0) is 21.0. The average Bonchev–Trinajstić information content (AvgIpc) is 3.36. The number of carbonyl (C=O) groups excluding carboxylic acids is 1. The molecule has 3 atom stereocenters. The van der Waals surface area contributed by atoms with E-state index in [2.05, 4.69) is 0 Å². The molecule has 3 aliphatic rings. The number of ether oxygens (including phenoxy) is 6. The molecule has 2 aromatic carbocycles. The van der Waals surface area contributed by atoms with Crippen LogP contribution in [0, 0.1) is 11.8 Å². The van der Waals surface area contributed by atoms with Crippen molar-refractivity contribution >= 4 is 5.97 Å². The van der Waals surface area contributed by atoms with Crippen LogP contribution >= 0.6 is 0 Å². The van der Waals surface area contributed by atoms with Crippen molar-refractivity contribution in [3.63, 3.8) is 0 Å². The van der Waals surface area contributed by atoms with Gasteiger partial charge in [-0.15, -0.1) is 0 Å². The lowest BCUT2D eigenvalue weighted by molar-refractivity contribution is -0.141. The number of aliphatic hydroxyl groups is 1. The van der Waals surface area contributed by atoms with E-state index in [1.54, 1.807) is 20.3 Å². The molecule has 0 amide bonds. The summed E-state index contributed by atoms with van der Waals surface area (Å²) < 4.78 is 33.3. The van der Waals surface area contributed by atoms with Crippen LogP contribution in [0.4, 0.5) is 0 Å². The van der Waals surface area contributed by atoms with Crippen LogP contribution in [0.1, 0.15) is 17.2 Å². The number of hydrogen-bond acceptors (Lipinski definition) is 8. The van der Waals surface area contributed by atoms with Crippen molar-refractivity contribution in [2.24, 2.45) is 11.8 Å². The van der Waals surface area contributed by atoms with Gasteiger partial charge < -0.3 is 33.5 Å². The number of benzene rings is 2. The van der Waals surface area contributed by atoms with Crippen LogP contribution in [0.15, 0.2) is 18.2 Å². The first-order chi connectivity index (χ1) is 14.6. The van der Waals surface area contributed by atoms with Gasteiger partial charge in [0.05, 0.1) is 40.0 Å². The molecule has 2 heterocycles. The molecular weight excluding hydrogens is 392 g/mol. The summed E-state index contributed by atoms with van der Waals surface area (Å²) >= 11 is 0. The fraction of sp³-hybridized carbons (Fsp3) is 0.409. The van der Waals surface area contributed by atoms with Crippen molar-refractivity contribution in [2.45, 2.75) is 12.5 Å². The van der Waals surface area contributed by atoms with Crippen molar-refractivity contribution in [3.05, 3.63) is 29.3 Å². The van der Waals surface area contributed by atoms with E-state index < -0.39 is 12.0 Å². The maximum absolute atomic E-state index is 12.5. The molecule has 8 nitrogen and oxygen atoms in total. The van der Waals surface area contributed by atoms with Crippen LogP contribution in [-0.2, 0) is 16.0 Å². The van der Waals surface area contributed by atoms with Crippen LogP contribution in [-0.4, -0.2) is 45.8 Å². The fourth-order valence-electron chi connectivity index (χ4n) is 4.67. The van der Waals surface area contributed by atoms with Gasteiger partial charge in [-0.2, -0.15) is 0 Å². The SMILES string of the molecule is COc1cc2c(c(OC)c1OC)-c1cc3c(cc1C(O)[C@@H]1COC(=O)[C@H]1C2)OCO3. The van der Waals surface area contributed by atoms with Crippen molar-refractivity contribution in [3.8, 4) is 39.9 Å². The second-order valence-electron chi connectivity index (χ2n) is 7.52. The van der Waals surface area contributed by atoms with E-state index in [0.717, 1.165) is 16.7 Å². The lowest BCUT2D eigenvalue weighted by Crippen LogP contribution is -2.27. The van der Waals surface area contributed by atoms with Crippen molar-refractivity contribution < 1.29 is 38.3 Å². The first-order valence-electron chi connectivity index (χ1n) is 9.67. The lowest BCUT2D eigenvalue weighted by Gasteiger charge is -2.30. The van der Waals surface area contributed by atoms with Gasteiger partial charge in [0, 0.05) is 11.5 Å². The Balaban J connectivity index is 1.85. The fourth-order valence-corrected chi connectivity index (χ4v) is 4.67. The van der Waals surface area contributed by atoms with Gasteiger partial charge in [-0.25, -0.2) is 0 Å². The summed E-state index contributed by atoms with van der Waals surface area (Å²) in [5.41, 5.74) is 2.92. The van der Waals surface area contributed by atoms with Gasteiger partial charge in [0.15, 0.2) is 23.0 Å². The van der Waals surface area contributed by atoms with Gasteiger partial charge in [0.25, 0.3) is 0 Å². The highest BCUT2D eigenvalue weighted by Gasteiger charge is 2.45. The molecule has 0 bridgehead atoms. The summed E-state index contributed by atoms with van der Waals surface area (Å²) in [4.78, 5) is 12.5. The minimum atomic E-state index is -0.920. The lowest BCUT2D eigenvalue weighted by atomic mass is 9.76. The van der Waals surface area contributed by atoms with E-state index >= 15 is 0 Å². The second kappa shape index (κ2) is 6.98. The highest BCUT2D eigenvalue weighted by Crippen LogP contribution is 2.54. The number of cyclic esters (lactones) is 1. The first kappa shape index (κ1) is 18.9. The molecule has 0 aromatic heterocycles. The Hall–Kier alpha value is -3.13. The molecule has 5 rings (SSSR count). The van der Waals surface area contributed by atoms with Crippen LogP contribution in [0.2, 0.25) is 0 Å². The van der Waals surface area contributed by atoms with Gasteiger partial charge in [-0.3, -0.25) is 4.79 Å². The minimum absolute atomic E-state index is 0.109. The third-order valence-corrected chi connectivity index (χ3v) is 6.13. The molecule has 1 N–H and O–H groups in total. The number of fused-ring (bicyclic) bond motifs is 5. The maximum Gasteiger partial charge on any atom is 0.309 e. The predicted octanol–water partition coefficient (Wildman–Crippen LogP) is 2.49. The topological polar surface area (TPSA) is 92.7 Å². The molecule has 1 fully saturated rings. The van der Waals surface area contributed by atoms with E-state index in [4.69, 9.17) is 28.4 Å². The summed E-state index contributed by atoms with van der Waals surface area (Å²) in [6.07, 6.45) is -0.544. The molecule has 8 heteroatoms. The predicted molar refractivity (Wildman–Crippen MR) is 104 cm³/mol. The Morgan fingerprint density at radius 1 is 0.967 bits per heavy atom. The molecule has 0 radical (unpaired) electrons. The molecule has 1 saturated heterocycles. The Morgan fingerprint density at radius 3 is 2.40 bits per heavy atom. The van der Waals surface area contributed by atoms with Crippen LogP contribution in [0.5, 0.6) is 28.7 Å². The highest BCUT2D eigenvalue weighted by atomic mass is 16.7. The first-order valence-corrected chi connectivity index (χ1v) is 9.67. The molecule has 1 aliphatic carbocycles. The smallest absolute Gasteiger partial charge is 0.309 e. The Labute approximate surface area is 173 Å². The highest BCUT2D eigenvalue weighted by molar-refractivity contribution is 5.85. The summed E-state index contributed by atoms with van der Waals surface area (Å²) in [6.45, 7) is 0.274. The average molecular weight is 414 g/mol. The van der Waals surface area contributed by atoms with Gasteiger partial charge in [-0.1, -0.05) is 0 Å². The molecule has 30 heavy (non-hydrogen) atoms. The third-order valence-electron chi connectivity index (χ3n) is 6.13. The van der Waals surface area contributed by atoms with Gasteiger partial charge >= 0.3 is 5.97 Å². The third kappa shape index (κ3) is 2.60. The van der Waals surface area contributed by atoms with Crippen molar-refractivity contribution in [1.29, 1.82) is 0 Å². The Kier molecular flexibility index (Phi) is 4.39. The van der Waals surface area contributed by atoms with E-state index in [1.807, 2.05) is 12.1 Å². The summed E-state index contributed by atoms with van der Waals surface area (Å²) in [5, 5.41) is 11.3.